The third-order valence-corrected chi connectivity index (χ3v) is 3.20. The summed E-state index contributed by atoms with van der Waals surface area (Å²) in [5, 5.41) is 11.3. The van der Waals surface area contributed by atoms with Crippen molar-refractivity contribution in [2.45, 2.75) is 19.8 Å². The van der Waals surface area contributed by atoms with E-state index in [1.165, 1.54) is 0 Å². The minimum atomic E-state index is 0.210. The number of hydrogen-bond donors (Lipinski definition) is 1. The third-order valence-electron chi connectivity index (χ3n) is 2.94. The zero-order chi connectivity index (χ0) is 15.4. The van der Waals surface area contributed by atoms with Gasteiger partial charge in [0.15, 0.2) is 17.3 Å². The Kier molecular flexibility index (Phi) is 4.74. The van der Waals surface area contributed by atoms with Crippen molar-refractivity contribution < 1.29 is 9.47 Å². The van der Waals surface area contributed by atoms with Crippen molar-refractivity contribution in [1.82, 2.24) is 14.9 Å². The maximum absolute atomic E-state index is 5.37. The van der Waals surface area contributed by atoms with Gasteiger partial charge in [-0.1, -0.05) is 19.9 Å². The van der Waals surface area contributed by atoms with Crippen molar-refractivity contribution in [2.24, 2.45) is 5.10 Å². The molecule has 0 saturated carbocycles. The molecular formula is C14H18N4O2S. The normalized spacial score (nSPS) is 11.3. The summed E-state index contributed by atoms with van der Waals surface area (Å²) >= 11 is 5.19. The molecule has 1 N–H and O–H groups in total. The third kappa shape index (κ3) is 3.13. The Morgan fingerprint density at radius 1 is 1.33 bits per heavy atom. The highest BCUT2D eigenvalue weighted by atomic mass is 32.1. The van der Waals surface area contributed by atoms with E-state index in [1.54, 1.807) is 25.1 Å². The first-order chi connectivity index (χ1) is 10.1. The van der Waals surface area contributed by atoms with Crippen molar-refractivity contribution in [1.29, 1.82) is 0 Å². The van der Waals surface area contributed by atoms with Gasteiger partial charge >= 0.3 is 0 Å². The number of nitrogens with one attached hydrogen (secondary N) is 1. The van der Waals surface area contributed by atoms with Gasteiger partial charge in [0.2, 0.25) is 4.77 Å². The van der Waals surface area contributed by atoms with Gasteiger partial charge in [0, 0.05) is 11.5 Å². The van der Waals surface area contributed by atoms with Crippen LogP contribution in [0.2, 0.25) is 0 Å². The molecule has 0 bridgehead atoms. The van der Waals surface area contributed by atoms with Crippen LogP contribution in [0.5, 0.6) is 11.5 Å². The van der Waals surface area contributed by atoms with Gasteiger partial charge in [0.1, 0.15) is 0 Å². The van der Waals surface area contributed by atoms with Crippen LogP contribution in [0.25, 0.3) is 0 Å². The predicted octanol–water partition coefficient (Wildman–Crippen LogP) is 2.96. The van der Waals surface area contributed by atoms with E-state index in [0.717, 1.165) is 11.4 Å². The van der Waals surface area contributed by atoms with Crippen molar-refractivity contribution in [2.75, 3.05) is 14.2 Å². The number of methoxy groups -OCH3 is 2. The lowest BCUT2D eigenvalue weighted by molar-refractivity contribution is 0.354. The van der Waals surface area contributed by atoms with Crippen molar-refractivity contribution in [3.63, 3.8) is 0 Å². The molecule has 0 aliphatic heterocycles. The molecule has 0 amide bonds. The number of H-pyrrole nitrogens is 1. The Hall–Kier alpha value is -2.15. The number of benzene rings is 1. The van der Waals surface area contributed by atoms with Crippen LogP contribution >= 0.6 is 12.2 Å². The van der Waals surface area contributed by atoms with Crippen LogP contribution in [-0.2, 0) is 0 Å². The molecular weight excluding hydrogens is 288 g/mol. The number of nitrogens with zero attached hydrogens (tertiary/aromatic N) is 3. The van der Waals surface area contributed by atoms with Crippen LogP contribution in [0.15, 0.2) is 23.3 Å². The van der Waals surface area contributed by atoms with E-state index in [2.05, 4.69) is 15.3 Å². The van der Waals surface area contributed by atoms with Gasteiger partial charge in [-0.25, -0.2) is 0 Å². The lowest BCUT2D eigenvalue weighted by Gasteiger charge is -2.09. The highest BCUT2D eigenvalue weighted by Gasteiger charge is 2.10. The second-order valence-corrected chi connectivity index (χ2v) is 5.07. The van der Waals surface area contributed by atoms with Crippen molar-refractivity contribution in [3.8, 4) is 11.5 Å². The molecule has 0 unspecified atom stereocenters. The summed E-state index contributed by atoms with van der Waals surface area (Å²) < 4.78 is 12.7. The number of aromatic amines is 1. The molecule has 0 aliphatic rings. The average Bonchev–Trinajstić information content (AvgIpc) is 2.85. The Morgan fingerprint density at radius 2 is 2.10 bits per heavy atom. The molecule has 0 atom stereocenters. The standard InChI is InChI=1S/C14H18N4O2S/c1-9(2)13-16-17-14(21)18(13)15-8-10-6-5-7-11(19-3)12(10)20-4/h5-9H,1-4H3,(H,17,21)/b15-8+. The number of rotatable bonds is 5. The Morgan fingerprint density at radius 3 is 2.71 bits per heavy atom. The quantitative estimate of drug-likeness (QED) is 0.681. The van der Waals surface area contributed by atoms with E-state index in [-0.39, 0.29) is 5.92 Å². The molecule has 6 nitrogen and oxygen atoms in total. The summed E-state index contributed by atoms with van der Waals surface area (Å²) in [6, 6.07) is 5.60. The monoisotopic (exact) mass is 306 g/mol. The summed E-state index contributed by atoms with van der Waals surface area (Å²) in [6.07, 6.45) is 1.68. The topological polar surface area (TPSA) is 64.4 Å². The largest absolute Gasteiger partial charge is 0.493 e. The Bertz CT molecular complexity index is 703. The molecule has 0 saturated heterocycles. The first-order valence-electron chi connectivity index (χ1n) is 6.51. The fourth-order valence-corrected chi connectivity index (χ4v) is 2.11. The van der Waals surface area contributed by atoms with E-state index in [0.29, 0.717) is 16.3 Å². The van der Waals surface area contributed by atoms with E-state index in [9.17, 15) is 0 Å². The van der Waals surface area contributed by atoms with Gasteiger partial charge in [-0.05, 0) is 24.4 Å². The molecule has 1 heterocycles. The minimum absolute atomic E-state index is 0.210. The zero-order valence-electron chi connectivity index (χ0n) is 12.5. The van der Waals surface area contributed by atoms with Crippen LogP contribution in [0.3, 0.4) is 0 Å². The van der Waals surface area contributed by atoms with Crippen molar-refractivity contribution >= 4 is 18.4 Å². The lowest BCUT2D eigenvalue weighted by atomic mass is 10.2. The van der Waals surface area contributed by atoms with E-state index in [4.69, 9.17) is 21.7 Å². The second-order valence-electron chi connectivity index (χ2n) is 4.68. The zero-order valence-corrected chi connectivity index (χ0v) is 13.3. The first-order valence-corrected chi connectivity index (χ1v) is 6.92. The number of para-hydroxylation sites is 1. The molecule has 112 valence electrons. The summed E-state index contributed by atoms with van der Waals surface area (Å²) in [5.41, 5.74) is 0.801. The summed E-state index contributed by atoms with van der Waals surface area (Å²) in [7, 11) is 3.19. The van der Waals surface area contributed by atoms with Gasteiger partial charge < -0.3 is 9.47 Å². The SMILES string of the molecule is COc1cccc(/C=N/n2c(C(C)C)n[nH]c2=S)c1OC. The molecule has 0 spiro atoms. The van der Waals surface area contributed by atoms with Crippen LogP contribution in [0, 0.1) is 4.77 Å². The van der Waals surface area contributed by atoms with Gasteiger partial charge in [0.25, 0.3) is 0 Å². The number of hydrogen-bond acceptors (Lipinski definition) is 5. The van der Waals surface area contributed by atoms with E-state index < -0.39 is 0 Å². The Labute approximate surface area is 128 Å². The van der Waals surface area contributed by atoms with Crippen molar-refractivity contribution in [3.05, 3.63) is 34.4 Å². The fraction of sp³-hybridized carbons (Fsp3) is 0.357. The summed E-state index contributed by atoms with van der Waals surface area (Å²) in [4.78, 5) is 0. The average molecular weight is 306 g/mol. The van der Waals surface area contributed by atoms with E-state index >= 15 is 0 Å². The van der Waals surface area contributed by atoms with E-state index in [1.807, 2.05) is 32.0 Å². The van der Waals surface area contributed by atoms with Crippen LogP contribution in [-0.4, -0.2) is 35.3 Å². The molecule has 2 rings (SSSR count). The number of aromatic nitrogens is 3. The van der Waals surface area contributed by atoms with Gasteiger partial charge in [-0.3, -0.25) is 5.10 Å². The highest BCUT2D eigenvalue weighted by Crippen LogP contribution is 2.29. The molecule has 7 heteroatoms. The van der Waals surface area contributed by atoms with Crippen LogP contribution in [0.1, 0.15) is 31.2 Å². The fourth-order valence-electron chi connectivity index (χ4n) is 1.92. The molecule has 21 heavy (non-hydrogen) atoms. The Balaban J connectivity index is 2.43. The first kappa shape index (κ1) is 15.2. The second kappa shape index (κ2) is 6.53. The van der Waals surface area contributed by atoms with Gasteiger partial charge in [-0.2, -0.15) is 14.9 Å². The molecule has 0 radical (unpaired) electrons. The van der Waals surface area contributed by atoms with Gasteiger partial charge in [-0.15, -0.1) is 0 Å². The molecule has 0 aliphatic carbocycles. The molecule has 1 aromatic heterocycles. The smallest absolute Gasteiger partial charge is 0.216 e. The maximum atomic E-state index is 5.37. The predicted molar refractivity (Wildman–Crippen MR) is 84.0 cm³/mol. The van der Waals surface area contributed by atoms with Crippen LogP contribution in [0.4, 0.5) is 0 Å². The molecule has 1 aromatic carbocycles. The van der Waals surface area contributed by atoms with Gasteiger partial charge in [0.05, 0.1) is 20.4 Å². The highest BCUT2D eigenvalue weighted by molar-refractivity contribution is 7.71. The molecule has 2 aromatic rings. The van der Waals surface area contributed by atoms with Crippen LogP contribution < -0.4 is 9.47 Å². The summed E-state index contributed by atoms with van der Waals surface area (Å²) in [6.45, 7) is 4.06. The minimum Gasteiger partial charge on any atom is -0.493 e. The summed E-state index contributed by atoms with van der Waals surface area (Å²) in [5.74, 6) is 2.27. The lowest BCUT2D eigenvalue weighted by Crippen LogP contribution is -2.02. The maximum Gasteiger partial charge on any atom is 0.216 e. The number of ether oxygens (including phenoxy) is 2. The molecule has 0 fully saturated rings.